The number of halogens is 1. The van der Waals surface area contributed by atoms with Crippen molar-refractivity contribution in [1.29, 1.82) is 0 Å². The molecule has 1 N–H and O–H groups in total. The average Bonchev–Trinajstić information content (AvgIpc) is 2.23. The Morgan fingerprint density at radius 2 is 2.00 bits per heavy atom. The van der Waals surface area contributed by atoms with Crippen molar-refractivity contribution in [3.05, 3.63) is 22.8 Å². The molecule has 0 aliphatic carbocycles. The Morgan fingerprint density at radius 3 is 2.47 bits per heavy atom. The Bertz CT molecular complexity index is 410. The predicted octanol–water partition coefficient (Wildman–Crippen LogP) is 3.72. The van der Waals surface area contributed by atoms with Gasteiger partial charge in [-0.2, -0.15) is 0 Å². The fraction of sp³-hybridized carbons (Fsp3) is 0.667. The lowest BCUT2D eigenvalue weighted by atomic mass is 9.96. The van der Waals surface area contributed by atoms with E-state index in [1.165, 1.54) is 0 Å². The molecule has 0 aromatic carbocycles. The first-order chi connectivity index (χ1) is 8.69. The van der Waals surface area contributed by atoms with E-state index in [0.29, 0.717) is 6.04 Å². The molecule has 0 aliphatic heterocycles. The van der Waals surface area contributed by atoms with Crippen molar-refractivity contribution in [1.82, 2.24) is 10.3 Å². The molecule has 0 aliphatic rings. The van der Waals surface area contributed by atoms with Crippen LogP contribution in [-0.4, -0.2) is 24.6 Å². The van der Waals surface area contributed by atoms with Gasteiger partial charge in [-0.1, -0.05) is 46.2 Å². The number of rotatable bonds is 5. The van der Waals surface area contributed by atoms with Gasteiger partial charge >= 0.3 is 0 Å². The molecule has 0 fully saturated rings. The minimum Gasteiger partial charge on any atom is -0.358 e. The third-order valence-electron chi connectivity index (χ3n) is 2.67. The SMILES string of the molecule is CC(C)NCc1cnc(N(C)CC(C)(C)C)c(Cl)c1. The summed E-state index contributed by atoms with van der Waals surface area (Å²) in [6.45, 7) is 12.6. The van der Waals surface area contributed by atoms with Crippen molar-refractivity contribution in [2.24, 2.45) is 5.41 Å². The fourth-order valence-corrected chi connectivity index (χ4v) is 2.29. The molecule has 1 aromatic heterocycles. The Morgan fingerprint density at radius 1 is 1.37 bits per heavy atom. The first-order valence-electron chi connectivity index (χ1n) is 6.78. The molecule has 0 unspecified atom stereocenters. The lowest BCUT2D eigenvalue weighted by Gasteiger charge is -2.28. The van der Waals surface area contributed by atoms with Gasteiger partial charge in [-0.05, 0) is 17.0 Å². The minimum absolute atomic E-state index is 0.220. The van der Waals surface area contributed by atoms with Crippen molar-refractivity contribution < 1.29 is 0 Å². The van der Waals surface area contributed by atoms with E-state index in [2.05, 4.69) is 49.8 Å². The van der Waals surface area contributed by atoms with E-state index in [9.17, 15) is 0 Å². The quantitative estimate of drug-likeness (QED) is 0.893. The van der Waals surface area contributed by atoms with Crippen LogP contribution in [0.15, 0.2) is 12.3 Å². The molecule has 0 radical (unpaired) electrons. The van der Waals surface area contributed by atoms with Crippen LogP contribution in [0.1, 0.15) is 40.2 Å². The number of hydrogen-bond donors (Lipinski definition) is 1. The lowest BCUT2D eigenvalue weighted by molar-refractivity contribution is 0.418. The van der Waals surface area contributed by atoms with E-state index < -0.39 is 0 Å². The zero-order chi connectivity index (χ0) is 14.6. The second kappa shape index (κ2) is 6.58. The molecule has 19 heavy (non-hydrogen) atoms. The van der Waals surface area contributed by atoms with Crippen LogP contribution in [0.25, 0.3) is 0 Å². The number of hydrogen-bond acceptors (Lipinski definition) is 3. The number of pyridine rings is 1. The molecule has 1 heterocycles. The monoisotopic (exact) mass is 283 g/mol. The van der Waals surface area contributed by atoms with Gasteiger partial charge in [0, 0.05) is 32.4 Å². The smallest absolute Gasteiger partial charge is 0.147 e. The molecule has 0 saturated carbocycles. The first kappa shape index (κ1) is 16.3. The molecule has 0 atom stereocenters. The summed E-state index contributed by atoms with van der Waals surface area (Å²) >= 11 is 6.34. The normalized spacial score (nSPS) is 12.0. The third kappa shape index (κ3) is 5.79. The van der Waals surface area contributed by atoms with E-state index in [1.54, 1.807) is 0 Å². The standard InChI is InChI=1S/C15H26ClN3/c1-11(2)17-8-12-7-13(16)14(18-9-12)19(6)10-15(3,4)5/h7,9,11,17H,8,10H2,1-6H3. The van der Waals surface area contributed by atoms with Crippen molar-refractivity contribution >= 4 is 17.4 Å². The van der Waals surface area contributed by atoms with Gasteiger partial charge in [0.05, 0.1) is 5.02 Å². The molecule has 0 amide bonds. The lowest BCUT2D eigenvalue weighted by Crippen LogP contribution is -2.30. The summed E-state index contributed by atoms with van der Waals surface area (Å²) in [4.78, 5) is 6.61. The maximum absolute atomic E-state index is 6.34. The summed E-state index contributed by atoms with van der Waals surface area (Å²) in [5.41, 5.74) is 1.34. The Balaban J connectivity index is 2.76. The maximum Gasteiger partial charge on any atom is 0.147 e. The van der Waals surface area contributed by atoms with Gasteiger partial charge in [-0.15, -0.1) is 0 Å². The van der Waals surface area contributed by atoms with Crippen LogP contribution in [0.3, 0.4) is 0 Å². The molecular formula is C15H26ClN3. The Kier molecular flexibility index (Phi) is 5.63. The second-order valence-corrected chi connectivity index (χ2v) is 7.01. The fourth-order valence-electron chi connectivity index (χ4n) is 1.96. The summed E-state index contributed by atoms with van der Waals surface area (Å²) in [7, 11) is 2.03. The highest BCUT2D eigenvalue weighted by Crippen LogP contribution is 2.26. The van der Waals surface area contributed by atoms with Crippen LogP contribution in [-0.2, 0) is 6.54 Å². The predicted molar refractivity (Wildman–Crippen MR) is 83.9 cm³/mol. The van der Waals surface area contributed by atoms with E-state index in [4.69, 9.17) is 11.6 Å². The summed E-state index contributed by atoms with van der Waals surface area (Å²) < 4.78 is 0. The van der Waals surface area contributed by atoms with Crippen LogP contribution >= 0.6 is 11.6 Å². The molecule has 0 spiro atoms. The average molecular weight is 284 g/mol. The molecule has 108 valence electrons. The Hall–Kier alpha value is -0.800. The molecule has 3 nitrogen and oxygen atoms in total. The zero-order valence-electron chi connectivity index (χ0n) is 12.9. The van der Waals surface area contributed by atoms with Gasteiger partial charge in [0.15, 0.2) is 0 Å². The van der Waals surface area contributed by atoms with Gasteiger partial charge in [0.1, 0.15) is 5.82 Å². The summed E-state index contributed by atoms with van der Waals surface area (Å²) in [5, 5.41) is 4.08. The van der Waals surface area contributed by atoms with Gasteiger partial charge in [-0.25, -0.2) is 4.98 Å². The zero-order valence-corrected chi connectivity index (χ0v) is 13.7. The minimum atomic E-state index is 0.220. The molecule has 1 aromatic rings. The van der Waals surface area contributed by atoms with Gasteiger partial charge < -0.3 is 10.2 Å². The number of anilines is 1. The van der Waals surface area contributed by atoms with Crippen molar-refractivity contribution in [2.45, 2.75) is 47.2 Å². The van der Waals surface area contributed by atoms with Crippen LogP contribution < -0.4 is 10.2 Å². The van der Waals surface area contributed by atoms with Crippen molar-refractivity contribution in [3.63, 3.8) is 0 Å². The molecule has 1 rings (SSSR count). The molecular weight excluding hydrogens is 258 g/mol. The largest absolute Gasteiger partial charge is 0.358 e. The van der Waals surface area contributed by atoms with Crippen molar-refractivity contribution in [2.75, 3.05) is 18.5 Å². The molecule has 0 bridgehead atoms. The summed E-state index contributed by atoms with van der Waals surface area (Å²) in [5.74, 6) is 0.852. The topological polar surface area (TPSA) is 28.2 Å². The highest BCUT2D eigenvalue weighted by Gasteiger charge is 2.16. The summed E-state index contributed by atoms with van der Waals surface area (Å²) in [6.07, 6.45) is 1.90. The highest BCUT2D eigenvalue weighted by atomic mass is 35.5. The van der Waals surface area contributed by atoms with Crippen LogP contribution in [0.2, 0.25) is 5.02 Å². The van der Waals surface area contributed by atoms with E-state index in [0.717, 1.165) is 29.5 Å². The third-order valence-corrected chi connectivity index (χ3v) is 2.94. The maximum atomic E-state index is 6.34. The van der Waals surface area contributed by atoms with Gasteiger partial charge in [-0.3, -0.25) is 0 Å². The van der Waals surface area contributed by atoms with Crippen molar-refractivity contribution in [3.8, 4) is 0 Å². The van der Waals surface area contributed by atoms with Gasteiger partial charge in [0.25, 0.3) is 0 Å². The highest BCUT2D eigenvalue weighted by molar-refractivity contribution is 6.33. The van der Waals surface area contributed by atoms with Gasteiger partial charge in [0.2, 0.25) is 0 Å². The van der Waals surface area contributed by atoms with E-state index in [-0.39, 0.29) is 5.41 Å². The summed E-state index contributed by atoms with van der Waals surface area (Å²) in [6, 6.07) is 2.46. The number of nitrogens with one attached hydrogen (secondary N) is 1. The van der Waals surface area contributed by atoms with Crippen LogP contribution in [0.4, 0.5) is 5.82 Å². The van der Waals surface area contributed by atoms with Crippen LogP contribution in [0, 0.1) is 5.41 Å². The Labute approximate surface area is 122 Å². The number of nitrogens with zero attached hydrogens (tertiary/aromatic N) is 2. The molecule has 0 saturated heterocycles. The van der Waals surface area contributed by atoms with E-state index >= 15 is 0 Å². The van der Waals surface area contributed by atoms with E-state index in [1.807, 2.05) is 19.3 Å². The second-order valence-electron chi connectivity index (χ2n) is 6.60. The molecule has 4 heteroatoms. The number of aromatic nitrogens is 1. The first-order valence-corrected chi connectivity index (χ1v) is 7.16. The van der Waals surface area contributed by atoms with Crippen LogP contribution in [0.5, 0.6) is 0 Å².